The third-order valence-corrected chi connectivity index (χ3v) is 7.05. The number of ether oxygens (including phenoxy) is 1. The standard InChI is InChI=1S/C17H21N3O7S2.ClH/c1-20(2)29(25,26)19-16(17(21)18-22)12-28(23,24)15-10-8-14(9-11-15)27-13-6-4-3-5-7-13;/h3-11,16,19,22H,12H2,1-2H3,(H,18,21);1H/t16-;/m0./s1. The predicted molar refractivity (Wildman–Crippen MR) is 112 cm³/mol. The third-order valence-electron chi connectivity index (χ3n) is 3.75. The van der Waals surface area contributed by atoms with Crippen molar-refractivity contribution in [2.45, 2.75) is 10.9 Å². The molecule has 0 aliphatic rings. The van der Waals surface area contributed by atoms with Gasteiger partial charge in [0.05, 0.1) is 10.6 Å². The number of nitrogens with zero attached hydrogens (tertiary/aromatic N) is 1. The van der Waals surface area contributed by atoms with Crippen LogP contribution in [0.4, 0.5) is 0 Å². The van der Waals surface area contributed by atoms with Gasteiger partial charge in [0.1, 0.15) is 17.5 Å². The maximum Gasteiger partial charge on any atom is 0.279 e. The maximum absolute atomic E-state index is 12.6. The van der Waals surface area contributed by atoms with Gasteiger partial charge in [-0.2, -0.15) is 17.4 Å². The van der Waals surface area contributed by atoms with Gasteiger partial charge in [-0.1, -0.05) is 18.2 Å². The Morgan fingerprint density at radius 2 is 1.53 bits per heavy atom. The van der Waals surface area contributed by atoms with E-state index in [4.69, 9.17) is 9.94 Å². The lowest BCUT2D eigenvalue weighted by Gasteiger charge is -2.19. The zero-order chi connectivity index (χ0) is 21.7. The van der Waals surface area contributed by atoms with Crippen LogP contribution < -0.4 is 14.9 Å². The number of benzene rings is 2. The second-order valence-electron chi connectivity index (χ2n) is 6.10. The molecule has 2 aromatic carbocycles. The number of halogens is 1. The topological polar surface area (TPSA) is 142 Å². The Kier molecular flexibility index (Phi) is 9.21. The minimum Gasteiger partial charge on any atom is -0.457 e. The van der Waals surface area contributed by atoms with Gasteiger partial charge in [0, 0.05) is 14.1 Å². The Balaban J connectivity index is 0.00000450. The highest BCUT2D eigenvalue weighted by molar-refractivity contribution is 7.91. The average molecular weight is 480 g/mol. The Hall–Kier alpha value is -2.22. The Labute approximate surface area is 181 Å². The van der Waals surface area contributed by atoms with Gasteiger partial charge in [-0.05, 0) is 36.4 Å². The second-order valence-corrected chi connectivity index (χ2v) is 10.1. The lowest BCUT2D eigenvalue weighted by molar-refractivity contribution is -0.130. The summed E-state index contributed by atoms with van der Waals surface area (Å²) in [5, 5.41) is 8.83. The van der Waals surface area contributed by atoms with Gasteiger partial charge in [0.2, 0.25) is 0 Å². The molecule has 0 aliphatic heterocycles. The summed E-state index contributed by atoms with van der Waals surface area (Å²) < 4.78 is 57.5. The van der Waals surface area contributed by atoms with Crippen LogP contribution in [0.25, 0.3) is 0 Å². The van der Waals surface area contributed by atoms with E-state index in [9.17, 15) is 21.6 Å². The predicted octanol–water partition coefficient (Wildman–Crippen LogP) is 0.944. The van der Waals surface area contributed by atoms with Crippen LogP contribution >= 0.6 is 12.4 Å². The van der Waals surface area contributed by atoms with Gasteiger partial charge < -0.3 is 4.74 Å². The van der Waals surface area contributed by atoms with Crippen molar-refractivity contribution in [3.63, 3.8) is 0 Å². The van der Waals surface area contributed by atoms with E-state index in [1.165, 1.54) is 43.8 Å². The van der Waals surface area contributed by atoms with Crippen molar-refractivity contribution in [2.75, 3.05) is 19.8 Å². The Morgan fingerprint density at radius 3 is 2.03 bits per heavy atom. The minimum atomic E-state index is -4.12. The van der Waals surface area contributed by atoms with Crippen molar-refractivity contribution in [3.8, 4) is 11.5 Å². The van der Waals surface area contributed by atoms with Gasteiger partial charge in [0.25, 0.3) is 16.1 Å². The first kappa shape index (κ1) is 25.8. The minimum absolute atomic E-state index is 0. The molecule has 0 aliphatic carbocycles. The first-order valence-corrected chi connectivity index (χ1v) is 11.3. The molecule has 166 valence electrons. The van der Waals surface area contributed by atoms with Crippen molar-refractivity contribution < 1.29 is 31.6 Å². The number of amides is 1. The summed E-state index contributed by atoms with van der Waals surface area (Å²) in [4.78, 5) is 11.6. The largest absolute Gasteiger partial charge is 0.457 e. The zero-order valence-electron chi connectivity index (χ0n) is 16.0. The molecule has 0 fully saturated rings. The maximum atomic E-state index is 12.6. The SMILES string of the molecule is CN(C)S(=O)(=O)N[C@@H](CS(=O)(=O)c1ccc(Oc2ccccc2)cc1)C(=O)NO.Cl. The molecule has 2 aromatic rings. The lowest BCUT2D eigenvalue weighted by Crippen LogP contribution is -2.52. The molecule has 0 spiro atoms. The fourth-order valence-corrected chi connectivity index (χ4v) is 4.46. The molecule has 0 saturated carbocycles. The van der Waals surface area contributed by atoms with Gasteiger partial charge >= 0.3 is 0 Å². The Bertz CT molecular complexity index is 1040. The molecular formula is C17H22ClN3O7S2. The normalized spacial score (nSPS) is 12.7. The third kappa shape index (κ3) is 6.93. The number of sulfone groups is 1. The van der Waals surface area contributed by atoms with Crippen LogP contribution in [0.1, 0.15) is 0 Å². The molecule has 0 bridgehead atoms. The van der Waals surface area contributed by atoms with Crippen molar-refractivity contribution in [3.05, 3.63) is 54.6 Å². The highest BCUT2D eigenvalue weighted by atomic mass is 35.5. The molecule has 0 saturated heterocycles. The van der Waals surface area contributed by atoms with E-state index < -0.39 is 37.7 Å². The summed E-state index contributed by atoms with van der Waals surface area (Å²) in [5.41, 5.74) is 1.27. The Morgan fingerprint density at radius 1 is 1.00 bits per heavy atom. The smallest absolute Gasteiger partial charge is 0.279 e. The number of rotatable bonds is 9. The number of hydrogen-bond acceptors (Lipinski definition) is 7. The lowest BCUT2D eigenvalue weighted by atomic mass is 10.3. The highest BCUT2D eigenvalue weighted by Gasteiger charge is 2.31. The summed E-state index contributed by atoms with van der Waals surface area (Å²) >= 11 is 0. The molecule has 0 radical (unpaired) electrons. The molecule has 13 heteroatoms. The summed E-state index contributed by atoms with van der Waals surface area (Å²) in [6.07, 6.45) is 0. The first-order valence-electron chi connectivity index (χ1n) is 8.24. The molecule has 10 nitrogen and oxygen atoms in total. The van der Waals surface area contributed by atoms with E-state index in [2.05, 4.69) is 0 Å². The summed E-state index contributed by atoms with van der Waals surface area (Å²) in [6.45, 7) is 0. The molecule has 0 aromatic heterocycles. The molecule has 1 amide bonds. The monoisotopic (exact) mass is 479 g/mol. The number of para-hydroxylation sites is 1. The molecular weight excluding hydrogens is 458 g/mol. The number of hydroxylamine groups is 1. The molecule has 0 unspecified atom stereocenters. The van der Waals surface area contributed by atoms with E-state index in [1.807, 2.05) is 10.8 Å². The summed E-state index contributed by atoms with van der Waals surface area (Å²) in [7, 11) is -5.79. The second kappa shape index (κ2) is 10.7. The van der Waals surface area contributed by atoms with Gasteiger partial charge in [-0.15, -0.1) is 12.4 Å². The van der Waals surface area contributed by atoms with E-state index in [0.29, 0.717) is 11.5 Å². The van der Waals surface area contributed by atoms with Crippen molar-refractivity contribution in [2.24, 2.45) is 0 Å². The molecule has 2 rings (SSSR count). The fraction of sp³-hybridized carbons (Fsp3) is 0.235. The van der Waals surface area contributed by atoms with E-state index in [1.54, 1.807) is 24.3 Å². The number of carbonyl (C=O) groups excluding carboxylic acids is 1. The number of nitrogens with one attached hydrogen (secondary N) is 2. The van der Waals surface area contributed by atoms with Crippen molar-refractivity contribution in [1.29, 1.82) is 0 Å². The summed E-state index contributed by atoms with van der Waals surface area (Å²) in [6, 6.07) is 12.6. The fourth-order valence-electron chi connectivity index (χ4n) is 2.18. The van der Waals surface area contributed by atoms with Gasteiger partial charge in [0.15, 0.2) is 9.84 Å². The quantitative estimate of drug-likeness (QED) is 0.359. The summed E-state index contributed by atoms with van der Waals surface area (Å²) in [5.74, 6) is -1.14. The molecule has 1 atom stereocenters. The van der Waals surface area contributed by atoms with Gasteiger partial charge in [-0.25, -0.2) is 13.9 Å². The van der Waals surface area contributed by atoms with Crippen LogP contribution in [0.15, 0.2) is 59.5 Å². The molecule has 3 N–H and O–H groups in total. The van der Waals surface area contributed by atoms with Crippen LogP contribution in [-0.4, -0.2) is 58.1 Å². The van der Waals surface area contributed by atoms with Crippen LogP contribution in [0.5, 0.6) is 11.5 Å². The van der Waals surface area contributed by atoms with E-state index >= 15 is 0 Å². The highest BCUT2D eigenvalue weighted by Crippen LogP contribution is 2.23. The number of carbonyl (C=O) groups is 1. The van der Waals surface area contributed by atoms with E-state index in [-0.39, 0.29) is 17.3 Å². The van der Waals surface area contributed by atoms with Crippen LogP contribution in [0.2, 0.25) is 0 Å². The average Bonchev–Trinajstić information content (AvgIpc) is 2.67. The molecule has 0 heterocycles. The van der Waals surface area contributed by atoms with Crippen molar-refractivity contribution in [1.82, 2.24) is 14.5 Å². The van der Waals surface area contributed by atoms with Crippen LogP contribution in [-0.2, 0) is 24.8 Å². The number of hydrogen-bond donors (Lipinski definition) is 3. The van der Waals surface area contributed by atoms with Gasteiger partial charge in [-0.3, -0.25) is 10.0 Å². The van der Waals surface area contributed by atoms with Crippen molar-refractivity contribution >= 4 is 38.4 Å². The van der Waals surface area contributed by atoms with E-state index in [0.717, 1.165) is 4.31 Å². The molecule has 30 heavy (non-hydrogen) atoms. The first-order chi connectivity index (χ1) is 13.5. The zero-order valence-corrected chi connectivity index (χ0v) is 18.5. The van der Waals surface area contributed by atoms with Crippen LogP contribution in [0, 0.1) is 0 Å². The van der Waals surface area contributed by atoms with Crippen LogP contribution in [0.3, 0.4) is 0 Å².